The van der Waals surface area contributed by atoms with Gasteiger partial charge in [-0.05, 0) is 62.3 Å². The largest absolute Gasteiger partial charge is 0.496 e. The van der Waals surface area contributed by atoms with E-state index in [0.29, 0.717) is 36.1 Å². The van der Waals surface area contributed by atoms with Gasteiger partial charge < -0.3 is 15.4 Å². The van der Waals surface area contributed by atoms with E-state index in [0.717, 1.165) is 23.3 Å². The van der Waals surface area contributed by atoms with Crippen LogP contribution in [0.4, 0.5) is 4.79 Å². The summed E-state index contributed by atoms with van der Waals surface area (Å²) in [6, 6.07) is 4.74. The molecule has 3 rings (SSSR count). The lowest BCUT2D eigenvalue weighted by Gasteiger charge is -2.32. The van der Waals surface area contributed by atoms with E-state index >= 15 is 0 Å². The Hall–Kier alpha value is -2.28. The summed E-state index contributed by atoms with van der Waals surface area (Å²) in [6.45, 7) is 2.09. The first-order valence-corrected chi connectivity index (χ1v) is 11.5. The van der Waals surface area contributed by atoms with Crippen molar-refractivity contribution in [2.24, 2.45) is 11.8 Å². The Morgan fingerprint density at radius 3 is 2.71 bits per heavy atom. The molecule has 1 aliphatic carbocycles. The van der Waals surface area contributed by atoms with E-state index in [9.17, 15) is 14.4 Å². The molecular weight excluding hydrogens is 418 g/mol. The van der Waals surface area contributed by atoms with Gasteiger partial charge in [-0.2, -0.15) is 0 Å². The zero-order valence-electron chi connectivity index (χ0n) is 18.3. The molecule has 0 spiro atoms. The molecule has 7 nitrogen and oxygen atoms in total. The number of ether oxygens (including phenoxy) is 1. The van der Waals surface area contributed by atoms with Crippen LogP contribution in [0, 0.1) is 11.8 Å². The number of nitrogens with one attached hydrogen (secondary N) is 2. The highest BCUT2D eigenvalue weighted by Gasteiger charge is 2.34. The zero-order chi connectivity index (χ0) is 22.4. The summed E-state index contributed by atoms with van der Waals surface area (Å²) in [6.07, 6.45) is 6.53. The lowest BCUT2D eigenvalue weighted by Crippen LogP contribution is -2.55. The quantitative estimate of drug-likeness (QED) is 0.719. The van der Waals surface area contributed by atoms with Gasteiger partial charge in [-0.1, -0.05) is 30.9 Å². The number of halogens is 1. The molecule has 2 unspecified atom stereocenters. The third-order valence-electron chi connectivity index (χ3n) is 6.39. The fourth-order valence-electron chi connectivity index (χ4n) is 4.57. The average Bonchev–Trinajstić information content (AvgIpc) is 2.76. The van der Waals surface area contributed by atoms with E-state index in [2.05, 4.69) is 10.6 Å². The summed E-state index contributed by atoms with van der Waals surface area (Å²) in [5.41, 5.74) is 0.802. The standard InChI is InChI=1S/C23H32ClN3O4/c1-15(16-6-4-3-5-7-16)26-23(30)27-14-21(28)25-11-10-17(22(27)29)12-18-13-19(24)8-9-20(18)31-2/h8-9,13,15-17H,3-7,10-12,14H2,1-2H3,(H,25,28)(H,26,30). The van der Waals surface area contributed by atoms with Crippen LogP contribution >= 0.6 is 11.6 Å². The van der Waals surface area contributed by atoms with E-state index < -0.39 is 11.9 Å². The van der Waals surface area contributed by atoms with Crippen molar-refractivity contribution in [3.8, 4) is 5.75 Å². The summed E-state index contributed by atoms with van der Waals surface area (Å²) < 4.78 is 5.41. The van der Waals surface area contributed by atoms with Crippen molar-refractivity contribution in [2.45, 2.75) is 57.9 Å². The topological polar surface area (TPSA) is 87.7 Å². The number of benzene rings is 1. The van der Waals surface area contributed by atoms with E-state index in [1.165, 1.54) is 19.3 Å². The molecule has 0 aromatic heterocycles. The van der Waals surface area contributed by atoms with Gasteiger partial charge in [0.05, 0.1) is 7.11 Å². The zero-order valence-corrected chi connectivity index (χ0v) is 19.0. The second kappa shape index (κ2) is 10.8. The van der Waals surface area contributed by atoms with Crippen molar-refractivity contribution in [2.75, 3.05) is 20.2 Å². The van der Waals surface area contributed by atoms with Gasteiger partial charge in [0.1, 0.15) is 12.3 Å². The number of rotatable bonds is 5. The maximum atomic E-state index is 13.3. The van der Waals surface area contributed by atoms with E-state index in [-0.39, 0.29) is 24.4 Å². The molecule has 170 valence electrons. The van der Waals surface area contributed by atoms with Crippen molar-refractivity contribution in [3.63, 3.8) is 0 Å². The van der Waals surface area contributed by atoms with Crippen molar-refractivity contribution in [1.82, 2.24) is 15.5 Å². The van der Waals surface area contributed by atoms with Gasteiger partial charge in [-0.25, -0.2) is 4.79 Å². The van der Waals surface area contributed by atoms with Gasteiger partial charge in [0.15, 0.2) is 0 Å². The number of amides is 4. The Kier molecular flexibility index (Phi) is 8.18. The van der Waals surface area contributed by atoms with Gasteiger partial charge in [0.2, 0.25) is 11.8 Å². The maximum absolute atomic E-state index is 13.3. The van der Waals surface area contributed by atoms with Crippen molar-refractivity contribution < 1.29 is 19.1 Å². The van der Waals surface area contributed by atoms with Gasteiger partial charge in [0.25, 0.3) is 0 Å². The first-order valence-electron chi connectivity index (χ1n) is 11.1. The number of carbonyl (C=O) groups excluding carboxylic acids is 3. The number of hydrogen-bond donors (Lipinski definition) is 2. The highest BCUT2D eigenvalue weighted by Crippen LogP contribution is 2.28. The molecule has 0 bridgehead atoms. The molecule has 0 radical (unpaired) electrons. The SMILES string of the molecule is COc1ccc(Cl)cc1CC1CCNC(=O)CN(C(=O)NC(C)C2CCCCC2)C1=O. The highest BCUT2D eigenvalue weighted by atomic mass is 35.5. The minimum absolute atomic E-state index is 0.0411. The van der Waals surface area contributed by atoms with E-state index in [1.807, 2.05) is 6.92 Å². The second-order valence-electron chi connectivity index (χ2n) is 8.56. The molecular formula is C23H32ClN3O4. The van der Waals surface area contributed by atoms with Crippen LogP contribution in [0.25, 0.3) is 0 Å². The number of nitrogens with zero attached hydrogens (tertiary/aromatic N) is 1. The Morgan fingerprint density at radius 2 is 2.00 bits per heavy atom. The minimum atomic E-state index is -0.497. The van der Waals surface area contributed by atoms with Gasteiger partial charge in [0, 0.05) is 23.5 Å². The van der Waals surface area contributed by atoms with Gasteiger partial charge in [-0.15, -0.1) is 0 Å². The van der Waals surface area contributed by atoms with E-state index in [4.69, 9.17) is 16.3 Å². The fourth-order valence-corrected chi connectivity index (χ4v) is 4.76. The highest BCUT2D eigenvalue weighted by molar-refractivity contribution is 6.30. The minimum Gasteiger partial charge on any atom is -0.496 e. The van der Waals surface area contributed by atoms with Gasteiger partial charge >= 0.3 is 6.03 Å². The molecule has 31 heavy (non-hydrogen) atoms. The Balaban J connectivity index is 1.75. The summed E-state index contributed by atoms with van der Waals surface area (Å²) in [4.78, 5) is 39.6. The van der Waals surface area contributed by atoms with Crippen molar-refractivity contribution in [1.29, 1.82) is 0 Å². The van der Waals surface area contributed by atoms with E-state index in [1.54, 1.807) is 25.3 Å². The molecule has 2 atom stereocenters. The van der Waals surface area contributed by atoms with Crippen LogP contribution in [0.15, 0.2) is 18.2 Å². The van der Waals surface area contributed by atoms with Gasteiger partial charge in [-0.3, -0.25) is 14.5 Å². The van der Waals surface area contributed by atoms with Crippen molar-refractivity contribution in [3.05, 3.63) is 28.8 Å². The monoisotopic (exact) mass is 449 g/mol. The first-order chi connectivity index (χ1) is 14.9. The third kappa shape index (κ3) is 6.12. The Bertz CT molecular complexity index is 810. The summed E-state index contributed by atoms with van der Waals surface area (Å²) in [7, 11) is 1.57. The van der Waals surface area contributed by atoms with Crippen LogP contribution < -0.4 is 15.4 Å². The average molecular weight is 450 g/mol. The maximum Gasteiger partial charge on any atom is 0.324 e. The third-order valence-corrected chi connectivity index (χ3v) is 6.63. The summed E-state index contributed by atoms with van der Waals surface area (Å²) in [5, 5.41) is 6.32. The molecule has 1 saturated carbocycles. The summed E-state index contributed by atoms with van der Waals surface area (Å²) >= 11 is 6.14. The molecule has 1 aliphatic heterocycles. The first kappa shape index (κ1) is 23.4. The number of carbonyl (C=O) groups is 3. The second-order valence-corrected chi connectivity index (χ2v) is 8.99. The van der Waals surface area contributed by atoms with Crippen molar-refractivity contribution >= 4 is 29.4 Å². The molecule has 1 heterocycles. The van der Waals surface area contributed by atoms with Crippen LogP contribution in [0.5, 0.6) is 5.75 Å². The predicted octanol–water partition coefficient (Wildman–Crippen LogP) is 3.53. The number of imide groups is 1. The molecule has 1 aromatic rings. The molecule has 1 aromatic carbocycles. The molecule has 1 saturated heterocycles. The normalized spacial score (nSPS) is 21.6. The lowest BCUT2D eigenvalue weighted by molar-refractivity contribution is -0.138. The van der Waals surface area contributed by atoms with Crippen LogP contribution in [0.1, 0.15) is 51.0 Å². The molecule has 2 N–H and O–H groups in total. The lowest BCUT2D eigenvalue weighted by atomic mass is 9.84. The Labute approximate surface area is 188 Å². The van der Waals surface area contributed by atoms with Crippen LogP contribution in [-0.2, 0) is 16.0 Å². The van der Waals surface area contributed by atoms with Crippen LogP contribution in [-0.4, -0.2) is 49.0 Å². The fraction of sp³-hybridized carbons (Fsp3) is 0.609. The Morgan fingerprint density at radius 1 is 1.26 bits per heavy atom. The summed E-state index contributed by atoms with van der Waals surface area (Å²) in [5.74, 6) is -0.0883. The molecule has 8 heteroatoms. The molecule has 2 fully saturated rings. The smallest absolute Gasteiger partial charge is 0.324 e. The molecule has 4 amide bonds. The molecule has 2 aliphatic rings. The number of methoxy groups -OCH3 is 1. The predicted molar refractivity (Wildman–Crippen MR) is 119 cm³/mol. The number of urea groups is 1. The van der Waals surface area contributed by atoms with Crippen LogP contribution in [0.3, 0.4) is 0 Å². The van der Waals surface area contributed by atoms with Crippen LogP contribution in [0.2, 0.25) is 5.02 Å². The number of hydrogen-bond acceptors (Lipinski definition) is 4.